The summed E-state index contributed by atoms with van der Waals surface area (Å²) in [6.07, 6.45) is 4.82. The van der Waals surface area contributed by atoms with Gasteiger partial charge in [-0.1, -0.05) is 72.6 Å². The van der Waals surface area contributed by atoms with Gasteiger partial charge in [0, 0.05) is 0 Å². The van der Waals surface area contributed by atoms with Gasteiger partial charge in [0.1, 0.15) is 0 Å². The molecule has 0 nitrogen and oxygen atoms in total. The first kappa shape index (κ1) is 16.9. The van der Waals surface area contributed by atoms with Crippen molar-refractivity contribution >= 4 is 11.6 Å². The highest BCUT2D eigenvalue weighted by Crippen LogP contribution is 2.47. The maximum absolute atomic E-state index is 6.78. The summed E-state index contributed by atoms with van der Waals surface area (Å²) in [7, 11) is 0. The zero-order valence-corrected chi connectivity index (χ0v) is 15.3. The summed E-state index contributed by atoms with van der Waals surface area (Å²) in [4.78, 5) is 0. The second-order valence-electron chi connectivity index (χ2n) is 8.05. The Morgan fingerprint density at radius 3 is 2.00 bits per heavy atom. The van der Waals surface area contributed by atoms with Crippen LogP contribution in [-0.2, 0) is 10.8 Å². The van der Waals surface area contributed by atoms with E-state index >= 15 is 0 Å². The average Bonchev–Trinajstić information content (AvgIpc) is 2.45. The molecule has 118 valence electrons. The van der Waals surface area contributed by atoms with Crippen LogP contribution >= 0.6 is 11.6 Å². The van der Waals surface area contributed by atoms with Crippen LogP contribution in [0.5, 0.6) is 0 Å². The van der Waals surface area contributed by atoms with E-state index in [1.165, 1.54) is 29.5 Å². The van der Waals surface area contributed by atoms with Crippen molar-refractivity contribution in [2.75, 3.05) is 0 Å². The van der Waals surface area contributed by atoms with Gasteiger partial charge in [-0.2, -0.15) is 0 Å². The maximum atomic E-state index is 6.78. The molecule has 1 aliphatic rings. The van der Waals surface area contributed by atoms with Crippen LogP contribution in [-0.4, -0.2) is 0 Å². The van der Waals surface area contributed by atoms with Crippen molar-refractivity contribution in [2.45, 2.75) is 83.4 Å². The van der Waals surface area contributed by atoms with Crippen molar-refractivity contribution in [1.82, 2.24) is 0 Å². The minimum Gasteiger partial charge on any atom is -0.118 e. The lowest BCUT2D eigenvalue weighted by Crippen LogP contribution is -2.34. The third-order valence-electron chi connectivity index (χ3n) is 5.66. The summed E-state index contributed by atoms with van der Waals surface area (Å²) >= 11 is 6.78. The Kier molecular flexibility index (Phi) is 4.78. The minimum absolute atomic E-state index is 0.145. The summed E-state index contributed by atoms with van der Waals surface area (Å²) in [5, 5.41) is 0.145. The normalized spacial score (nSPS) is 21.1. The predicted octanol–water partition coefficient (Wildman–Crippen LogP) is 6.75. The van der Waals surface area contributed by atoms with E-state index in [0.29, 0.717) is 11.3 Å². The molecule has 1 aliphatic carbocycles. The van der Waals surface area contributed by atoms with Crippen LogP contribution in [0.4, 0.5) is 0 Å². The van der Waals surface area contributed by atoms with E-state index in [0.717, 1.165) is 12.8 Å². The van der Waals surface area contributed by atoms with E-state index in [1.54, 1.807) is 0 Å². The molecule has 0 N–H and O–H groups in total. The zero-order chi connectivity index (χ0) is 15.8. The molecule has 0 spiro atoms. The van der Waals surface area contributed by atoms with E-state index in [9.17, 15) is 0 Å². The summed E-state index contributed by atoms with van der Waals surface area (Å²) in [5.41, 5.74) is 4.92. The van der Waals surface area contributed by atoms with Gasteiger partial charge in [0.2, 0.25) is 0 Å². The van der Waals surface area contributed by atoms with Gasteiger partial charge in [-0.3, -0.25) is 0 Å². The highest BCUT2D eigenvalue weighted by molar-refractivity contribution is 6.21. The molecule has 0 radical (unpaired) electrons. The standard InChI is InChI=1S/C20H31Cl/c1-7-14(8-2)18(21)15-9-10-16-17(13-15)20(5,6)12-11-19(16,3)4/h9-10,13-14,18H,7-8,11-12H2,1-6H3. The highest BCUT2D eigenvalue weighted by Gasteiger charge is 2.37. The molecular formula is C20H31Cl. The van der Waals surface area contributed by atoms with Gasteiger partial charge in [0.05, 0.1) is 5.38 Å². The Hall–Kier alpha value is -0.490. The summed E-state index contributed by atoms with van der Waals surface area (Å²) < 4.78 is 0. The molecule has 0 amide bonds. The van der Waals surface area contributed by atoms with Crippen molar-refractivity contribution in [3.63, 3.8) is 0 Å². The van der Waals surface area contributed by atoms with E-state index in [2.05, 4.69) is 59.7 Å². The number of rotatable bonds is 4. The van der Waals surface area contributed by atoms with Gasteiger partial charge >= 0.3 is 0 Å². The molecule has 0 aliphatic heterocycles. The van der Waals surface area contributed by atoms with Gasteiger partial charge in [0.15, 0.2) is 0 Å². The molecule has 0 aromatic heterocycles. The van der Waals surface area contributed by atoms with Gasteiger partial charge in [0.25, 0.3) is 0 Å². The number of alkyl halides is 1. The number of benzene rings is 1. The SMILES string of the molecule is CCC(CC)C(Cl)c1ccc2c(c1)C(C)(C)CCC2(C)C. The Bertz CT molecular complexity index is 495. The molecule has 0 heterocycles. The number of hydrogen-bond acceptors (Lipinski definition) is 0. The molecule has 2 rings (SSSR count). The molecule has 0 bridgehead atoms. The fraction of sp³-hybridized carbons (Fsp3) is 0.700. The van der Waals surface area contributed by atoms with Gasteiger partial charge in [-0.25, -0.2) is 0 Å². The average molecular weight is 307 g/mol. The molecular weight excluding hydrogens is 276 g/mol. The molecule has 1 unspecified atom stereocenters. The summed E-state index contributed by atoms with van der Waals surface area (Å²) in [6, 6.07) is 7.04. The first-order chi connectivity index (χ1) is 9.73. The summed E-state index contributed by atoms with van der Waals surface area (Å²) in [5.74, 6) is 0.574. The smallest absolute Gasteiger partial charge is 0.0613 e. The van der Waals surface area contributed by atoms with Crippen LogP contribution in [0.1, 0.15) is 89.3 Å². The Labute approximate surface area is 136 Å². The Morgan fingerprint density at radius 1 is 0.952 bits per heavy atom. The first-order valence-corrected chi connectivity index (χ1v) is 8.95. The molecule has 1 heteroatoms. The van der Waals surface area contributed by atoms with Crippen LogP contribution in [0.2, 0.25) is 0 Å². The number of hydrogen-bond donors (Lipinski definition) is 0. The van der Waals surface area contributed by atoms with Crippen molar-refractivity contribution in [3.8, 4) is 0 Å². The topological polar surface area (TPSA) is 0 Å². The Balaban J connectivity index is 2.46. The first-order valence-electron chi connectivity index (χ1n) is 8.52. The molecule has 1 aromatic rings. The van der Waals surface area contributed by atoms with Crippen LogP contribution in [0.15, 0.2) is 18.2 Å². The number of fused-ring (bicyclic) bond motifs is 1. The fourth-order valence-corrected chi connectivity index (χ4v) is 4.24. The zero-order valence-electron chi connectivity index (χ0n) is 14.6. The van der Waals surface area contributed by atoms with Gasteiger partial charge in [-0.05, 0) is 46.3 Å². The molecule has 21 heavy (non-hydrogen) atoms. The van der Waals surface area contributed by atoms with Crippen molar-refractivity contribution in [3.05, 3.63) is 34.9 Å². The van der Waals surface area contributed by atoms with Crippen molar-refractivity contribution in [2.24, 2.45) is 5.92 Å². The quantitative estimate of drug-likeness (QED) is 0.539. The van der Waals surface area contributed by atoms with Crippen molar-refractivity contribution in [1.29, 1.82) is 0 Å². The third-order valence-corrected chi connectivity index (χ3v) is 6.27. The number of halogens is 1. The minimum atomic E-state index is 0.145. The molecule has 0 saturated heterocycles. The van der Waals surface area contributed by atoms with Gasteiger partial charge < -0.3 is 0 Å². The van der Waals surface area contributed by atoms with Crippen LogP contribution in [0.25, 0.3) is 0 Å². The van der Waals surface area contributed by atoms with E-state index in [1.807, 2.05) is 0 Å². The van der Waals surface area contributed by atoms with Crippen LogP contribution in [0.3, 0.4) is 0 Å². The van der Waals surface area contributed by atoms with E-state index in [-0.39, 0.29) is 10.8 Å². The largest absolute Gasteiger partial charge is 0.118 e. The molecule has 0 fully saturated rings. The summed E-state index contributed by atoms with van der Waals surface area (Å²) in [6.45, 7) is 14.0. The van der Waals surface area contributed by atoms with E-state index in [4.69, 9.17) is 11.6 Å². The van der Waals surface area contributed by atoms with Gasteiger partial charge in [-0.15, -0.1) is 11.6 Å². The lowest BCUT2D eigenvalue weighted by Gasteiger charge is -2.42. The molecule has 0 saturated carbocycles. The lowest BCUT2D eigenvalue weighted by molar-refractivity contribution is 0.331. The Morgan fingerprint density at radius 2 is 1.48 bits per heavy atom. The van der Waals surface area contributed by atoms with Crippen LogP contribution < -0.4 is 0 Å². The fourth-order valence-electron chi connectivity index (χ4n) is 3.75. The molecule has 1 aromatic carbocycles. The highest BCUT2D eigenvalue weighted by atomic mass is 35.5. The second kappa shape index (κ2) is 5.95. The second-order valence-corrected chi connectivity index (χ2v) is 8.52. The third kappa shape index (κ3) is 3.16. The lowest BCUT2D eigenvalue weighted by atomic mass is 9.63. The predicted molar refractivity (Wildman–Crippen MR) is 94.4 cm³/mol. The van der Waals surface area contributed by atoms with Crippen LogP contribution in [0, 0.1) is 5.92 Å². The molecule has 1 atom stereocenters. The van der Waals surface area contributed by atoms with E-state index < -0.39 is 0 Å². The maximum Gasteiger partial charge on any atom is 0.0613 e. The van der Waals surface area contributed by atoms with Crippen molar-refractivity contribution < 1.29 is 0 Å². The monoisotopic (exact) mass is 306 g/mol.